The lowest BCUT2D eigenvalue weighted by atomic mass is 9.97. The monoisotopic (exact) mass is 476 g/mol. The van der Waals surface area contributed by atoms with Gasteiger partial charge in [0.15, 0.2) is 5.78 Å². The zero-order chi connectivity index (χ0) is 24.1. The molecule has 1 unspecified atom stereocenters. The van der Waals surface area contributed by atoms with E-state index in [0.29, 0.717) is 17.5 Å². The molecule has 1 saturated carbocycles. The lowest BCUT2D eigenvalue weighted by Crippen LogP contribution is -2.43. The van der Waals surface area contributed by atoms with Crippen LogP contribution in [-0.2, 0) is 27.7 Å². The smallest absolute Gasteiger partial charge is 0.251 e. The highest BCUT2D eigenvalue weighted by atomic mass is 32.2. The maximum Gasteiger partial charge on any atom is 0.251 e. The number of hydrogen-bond donors (Lipinski definition) is 2. The molecule has 1 atom stereocenters. The second-order valence-electron chi connectivity index (χ2n) is 8.77. The molecular formula is C27H28N2O4S. The average molecular weight is 477 g/mol. The third-order valence-corrected chi connectivity index (χ3v) is 7.29. The molecule has 1 aliphatic rings. The molecule has 4 rings (SSSR count). The van der Waals surface area contributed by atoms with Crippen LogP contribution in [-0.4, -0.2) is 32.2 Å². The van der Waals surface area contributed by atoms with E-state index < -0.39 is 16.1 Å². The summed E-state index contributed by atoms with van der Waals surface area (Å²) in [7, 11) is -3.61. The normalized spacial score (nSPS) is 14.4. The van der Waals surface area contributed by atoms with Gasteiger partial charge in [-0.05, 0) is 61.6 Å². The molecule has 0 bridgehead atoms. The summed E-state index contributed by atoms with van der Waals surface area (Å²) in [6.45, 7) is 1.94. The van der Waals surface area contributed by atoms with Crippen molar-refractivity contribution in [1.82, 2.24) is 10.0 Å². The number of amides is 1. The fraction of sp³-hybridized carbons (Fsp3) is 0.259. The van der Waals surface area contributed by atoms with E-state index in [1.807, 2.05) is 49.4 Å². The minimum absolute atomic E-state index is 0.00234. The summed E-state index contributed by atoms with van der Waals surface area (Å²) in [5, 5.41) is 2.88. The fourth-order valence-corrected chi connectivity index (χ4v) is 5.05. The Morgan fingerprint density at radius 2 is 1.59 bits per heavy atom. The molecule has 3 aromatic carbocycles. The predicted molar refractivity (Wildman–Crippen MR) is 131 cm³/mol. The quantitative estimate of drug-likeness (QED) is 0.468. The van der Waals surface area contributed by atoms with Crippen molar-refractivity contribution in [2.45, 2.75) is 49.6 Å². The van der Waals surface area contributed by atoms with E-state index in [1.54, 1.807) is 24.3 Å². The summed E-state index contributed by atoms with van der Waals surface area (Å²) < 4.78 is 27.8. The molecule has 3 aromatic rings. The van der Waals surface area contributed by atoms with Crippen LogP contribution in [0.2, 0.25) is 0 Å². The van der Waals surface area contributed by atoms with Crippen LogP contribution in [0.25, 0.3) is 0 Å². The van der Waals surface area contributed by atoms with Crippen molar-refractivity contribution in [1.29, 1.82) is 0 Å². The summed E-state index contributed by atoms with van der Waals surface area (Å²) in [6, 6.07) is 22.3. The van der Waals surface area contributed by atoms with Crippen molar-refractivity contribution in [3.63, 3.8) is 0 Å². The number of hydrogen-bond acceptors (Lipinski definition) is 4. The van der Waals surface area contributed by atoms with Gasteiger partial charge in [-0.2, -0.15) is 0 Å². The highest BCUT2D eigenvalue weighted by molar-refractivity contribution is 7.89. The van der Waals surface area contributed by atoms with Crippen LogP contribution in [0.5, 0.6) is 0 Å². The van der Waals surface area contributed by atoms with Gasteiger partial charge in [0, 0.05) is 18.0 Å². The lowest BCUT2D eigenvalue weighted by Gasteiger charge is -2.18. The zero-order valence-electron chi connectivity index (χ0n) is 19.0. The molecule has 7 heteroatoms. The number of nitrogens with one attached hydrogen (secondary N) is 2. The fourth-order valence-electron chi connectivity index (χ4n) is 3.68. The van der Waals surface area contributed by atoms with Gasteiger partial charge < -0.3 is 5.32 Å². The topological polar surface area (TPSA) is 92.3 Å². The average Bonchev–Trinajstić information content (AvgIpc) is 3.63. The van der Waals surface area contributed by atoms with Crippen LogP contribution in [0.1, 0.15) is 39.9 Å². The second-order valence-corrected chi connectivity index (χ2v) is 10.5. The molecule has 34 heavy (non-hydrogen) atoms. The first kappa shape index (κ1) is 23.9. The molecule has 0 saturated heterocycles. The van der Waals surface area contributed by atoms with Gasteiger partial charge in [-0.15, -0.1) is 0 Å². The molecule has 1 aliphatic carbocycles. The molecule has 6 nitrogen and oxygen atoms in total. The van der Waals surface area contributed by atoms with E-state index in [4.69, 9.17) is 0 Å². The maximum atomic E-state index is 13.3. The number of benzene rings is 3. The minimum atomic E-state index is -3.61. The Hall–Kier alpha value is -3.29. The Bertz CT molecular complexity index is 1270. The van der Waals surface area contributed by atoms with Gasteiger partial charge in [0.2, 0.25) is 10.0 Å². The number of carbonyl (C=O) groups is 2. The number of Topliss-reactive ketones (excluding diaryl/α,β-unsaturated/α-hetero) is 1. The first-order valence-corrected chi connectivity index (χ1v) is 12.8. The molecule has 1 fully saturated rings. The Morgan fingerprint density at radius 3 is 2.26 bits per heavy atom. The van der Waals surface area contributed by atoms with Crippen molar-refractivity contribution < 1.29 is 18.0 Å². The first-order valence-electron chi connectivity index (χ1n) is 11.4. The van der Waals surface area contributed by atoms with Crippen LogP contribution in [0, 0.1) is 6.92 Å². The standard InChI is InChI=1S/C27H28N2O4S/c1-19-10-12-22(13-11-19)27(31)28-25(17-20-6-3-2-4-7-20)26(30)18-21-8-5-9-24(16-21)34(32,33)29-23-14-15-23/h2-13,16,23,25,29H,14-15,17-18H2,1H3,(H,28,31). The van der Waals surface area contributed by atoms with Gasteiger partial charge in [0.05, 0.1) is 10.9 Å². The van der Waals surface area contributed by atoms with Crippen LogP contribution in [0.3, 0.4) is 0 Å². The first-order chi connectivity index (χ1) is 16.3. The minimum Gasteiger partial charge on any atom is -0.342 e. The third kappa shape index (κ3) is 6.40. The number of ketones is 1. The van der Waals surface area contributed by atoms with Crippen molar-refractivity contribution >= 4 is 21.7 Å². The van der Waals surface area contributed by atoms with Gasteiger partial charge in [-0.25, -0.2) is 13.1 Å². The van der Waals surface area contributed by atoms with Gasteiger partial charge >= 0.3 is 0 Å². The van der Waals surface area contributed by atoms with Crippen molar-refractivity contribution in [2.75, 3.05) is 0 Å². The summed E-state index contributed by atoms with van der Waals surface area (Å²) in [5.74, 6) is -0.506. The molecule has 0 radical (unpaired) electrons. The zero-order valence-corrected chi connectivity index (χ0v) is 19.8. The highest BCUT2D eigenvalue weighted by Gasteiger charge is 2.28. The molecule has 0 heterocycles. The number of rotatable bonds is 10. The summed E-state index contributed by atoms with van der Waals surface area (Å²) in [5.41, 5.74) is 3.04. The number of sulfonamides is 1. The van der Waals surface area contributed by atoms with E-state index >= 15 is 0 Å². The van der Waals surface area contributed by atoms with Gasteiger partial charge in [-0.1, -0.05) is 60.2 Å². The third-order valence-electron chi connectivity index (χ3n) is 5.78. The number of carbonyl (C=O) groups excluding carboxylic acids is 2. The molecule has 2 N–H and O–H groups in total. The molecule has 0 spiro atoms. The Morgan fingerprint density at radius 1 is 0.912 bits per heavy atom. The molecule has 176 valence electrons. The largest absolute Gasteiger partial charge is 0.342 e. The van der Waals surface area contributed by atoms with Gasteiger partial charge in [-0.3, -0.25) is 9.59 Å². The molecule has 0 aromatic heterocycles. The summed E-state index contributed by atoms with van der Waals surface area (Å²) >= 11 is 0. The Balaban J connectivity index is 1.52. The van der Waals surface area contributed by atoms with Crippen LogP contribution < -0.4 is 10.0 Å². The second kappa shape index (κ2) is 10.3. The van der Waals surface area contributed by atoms with E-state index in [0.717, 1.165) is 24.0 Å². The molecule has 0 aliphatic heterocycles. The van der Waals surface area contributed by atoms with Crippen LogP contribution in [0.15, 0.2) is 83.8 Å². The van der Waals surface area contributed by atoms with E-state index in [-0.39, 0.29) is 29.0 Å². The van der Waals surface area contributed by atoms with Crippen molar-refractivity contribution in [3.05, 3.63) is 101 Å². The number of aryl methyl sites for hydroxylation is 1. The molecule has 1 amide bonds. The maximum absolute atomic E-state index is 13.3. The van der Waals surface area contributed by atoms with Crippen LogP contribution >= 0.6 is 0 Å². The summed E-state index contributed by atoms with van der Waals surface area (Å²) in [6.07, 6.45) is 2.05. The Labute approximate surface area is 200 Å². The van der Waals surface area contributed by atoms with Gasteiger partial charge in [0.25, 0.3) is 5.91 Å². The SMILES string of the molecule is Cc1ccc(C(=O)NC(Cc2ccccc2)C(=O)Cc2cccc(S(=O)(=O)NC3CC3)c2)cc1. The lowest BCUT2D eigenvalue weighted by molar-refractivity contribution is -0.120. The van der Waals surface area contributed by atoms with E-state index in [1.165, 1.54) is 12.1 Å². The van der Waals surface area contributed by atoms with Crippen LogP contribution in [0.4, 0.5) is 0 Å². The van der Waals surface area contributed by atoms with Gasteiger partial charge in [0.1, 0.15) is 0 Å². The molecular weight excluding hydrogens is 448 g/mol. The summed E-state index contributed by atoms with van der Waals surface area (Å²) in [4.78, 5) is 26.3. The highest BCUT2D eigenvalue weighted by Crippen LogP contribution is 2.22. The predicted octanol–water partition coefficient (Wildman–Crippen LogP) is 3.59. The van der Waals surface area contributed by atoms with E-state index in [9.17, 15) is 18.0 Å². The van der Waals surface area contributed by atoms with Crippen molar-refractivity contribution in [2.24, 2.45) is 0 Å². The van der Waals surface area contributed by atoms with Crippen molar-refractivity contribution in [3.8, 4) is 0 Å². The Kier molecular flexibility index (Phi) is 7.24. The van der Waals surface area contributed by atoms with E-state index in [2.05, 4.69) is 10.0 Å².